The number of ether oxygens (including phenoxy) is 1. The first-order valence-electron chi connectivity index (χ1n) is 8.83. The zero-order valence-electron chi connectivity index (χ0n) is 14.3. The summed E-state index contributed by atoms with van der Waals surface area (Å²) in [6.45, 7) is 5.24. The van der Waals surface area contributed by atoms with Crippen LogP contribution in [0.4, 0.5) is 0 Å². The first-order chi connectivity index (χ1) is 12.3. The number of aromatic nitrogens is 3. The van der Waals surface area contributed by atoms with Gasteiger partial charge in [0.2, 0.25) is 5.91 Å². The highest BCUT2D eigenvalue weighted by Crippen LogP contribution is 2.16. The number of amides is 1. The second-order valence-electron chi connectivity index (χ2n) is 6.65. The molecule has 1 atom stereocenters. The first-order valence-corrected chi connectivity index (χ1v) is 8.83. The summed E-state index contributed by atoms with van der Waals surface area (Å²) in [6.07, 6.45) is 4.89. The van der Waals surface area contributed by atoms with Gasteiger partial charge in [0.25, 0.3) is 0 Å². The molecule has 0 N–H and O–H groups in total. The molecule has 0 spiro atoms. The summed E-state index contributed by atoms with van der Waals surface area (Å²) < 4.78 is 7.31. The molecule has 25 heavy (non-hydrogen) atoms. The maximum atomic E-state index is 12.6. The summed E-state index contributed by atoms with van der Waals surface area (Å²) in [5, 5.41) is 7.61. The largest absolute Gasteiger partial charge is 0.380 e. The van der Waals surface area contributed by atoms with Crippen molar-refractivity contribution in [3.05, 3.63) is 42.5 Å². The zero-order chi connectivity index (χ0) is 17.1. The zero-order valence-corrected chi connectivity index (χ0v) is 14.3. The van der Waals surface area contributed by atoms with Crippen molar-refractivity contribution < 1.29 is 9.53 Å². The number of hydrogen-bond acceptors (Lipinski definition) is 5. The van der Waals surface area contributed by atoms with Crippen molar-refractivity contribution in [3.8, 4) is 5.69 Å². The summed E-state index contributed by atoms with van der Waals surface area (Å²) >= 11 is 0. The molecule has 3 heterocycles. The lowest BCUT2D eigenvalue weighted by Gasteiger charge is -2.37. The Balaban J connectivity index is 1.30. The molecule has 2 saturated heterocycles. The molecule has 1 aromatic heterocycles. The Labute approximate surface area is 147 Å². The normalized spacial score (nSPS) is 21.6. The number of carbonyl (C=O) groups excluding carboxylic acids is 1. The van der Waals surface area contributed by atoms with E-state index in [1.54, 1.807) is 12.7 Å². The van der Waals surface area contributed by atoms with Gasteiger partial charge in [0, 0.05) is 44.5 Å². The van der Waals surface area contributed by atoms with Crippen LogP contribution in [0.15, 0.2) is 36.9 Å². The van der Waals surface area contributed by atoms with Crippen molar-refractivity contribution in [2.75, 3.05) is 39.4 Å². The fourth-order valence-electron chi connectivity index (χ4n) is 3.55. The van der Waals surface area contributed by atoms with E-state index in [0.717, 1.165) is 57.1 Å². The second-order valence-corrected chi connectivity index (χ2v) is 6.65. The average molecular weight is 341 g/mol. The van der Waals surface area contributed by atoms with E-state index >= 15 is 0 Å². The van der Waals surface area contributed by atoms with Gasteiger partial charge >= 0.3 is 0 Å². The van der Waals surface area contributed by atoms with Crippen LogP contribution in [0.1, 0.15) is 12.0 Å². The van der Waals surface area contributed by atoms with Gasteiger partial charge in [0.1, 0.15) is 12.7 Å². The Morgan fingerprint density at radius 3 is 2.44 bits per heavy atom. The van der Waals surface area contributed by atoms with Crippen molar-refractivity contribution in [1.82, 2.24) is 24.6 Å². The van der Waals surface area contributed by atoms with Gasteiger partial charge in [-0.1, -0.05) is 12.1 Å². The number of nitrogens with zero attached hydrogens (tertiary/aromatic N) is 5. The van der Waals surface area contributed by atoms with Crippen molar-refractivity contribution in [2.24, 2.45) is 0 Å². The maximum Gasteiger partial charge on any atom is 0.227 e. The standard InChI is InChI=1S/C18H23N5O2/c24-18(22-8-6-21(7-9-22)17-5-10-25-12-17)11-15-1-3-16(4-2-15)23-13-19-20-14-23/h1-4,13-14,17H,5-12H2. The Kier molecular flexibility index (Phi) is 4.76. The van der Waals surface area contributed by atoms with Crippen LogP contribution in [0.2, 0.25) is 0 Å². The highest BCUT2D eigenvalue weighted by Gasteiger charge is 2.28. The molecule has 1 aromatic carbocycles. The van der Waals surface area contributed by atoms with Crippen LogP contribution < -0.4 is 0 Å². The monoisotopic (exact) mass is 341 g/mol. The van der Waals surface area contributed by atoms with Crippen LogP contribution in [0, 0.1) is 0 Å². The fourth-order valence-corrected chi connectivity index (χ4v) is 3.55. The quantitative estimate of drug-likeness (QED) is 0.821. The fraction of sp³-hybridized carbons (Fsp3) is 0.500. The second kappa shape index (κ2) is 7.33. The van der Waals surface area contributed by atoms with Gasteiger partial charge in [0.05, 0.1) is 13.0 Å². The maximum absolute atomic E-state index is 12.6. The Hall–Kier alpha value is -2.25. The van der Waals surface area contributed by atoms with E-state index < -0.39 is 0 Å². The molecular formula is C18H23N5O2. The van der Waals surface area contributed by atoms with Crippen LogP contribution in [-0.4, -0.2) is 75.9 Å². The molecule has 2 aliphatic rings. The highest BCUT2D eigenvalue weighted by molar-refractivity contribution is 5.79. The molecule has 2 aromatic rings. The predicted molar refractivity (Wildman–Crippen MR) is 92.4 cm³/mol. The summed E-state index contributed by atoms with van der Waals surface area (Å²) in [5.41, 5.74) is 2.03. The van der Waals surface area contributed by atoms with E-state index in [2.05, 4.69) is 15.1 Å². The minimum Gasteiger partial charge on any atom is -0.380 e. The summed E-state index contributed by atoms with van der Waals surface area (Å²) in [7, 11) is 0. The number of hydrogen-bond donors (Lipinski definition) is 0. The molecule has 1 unspecified atom stereocenters. The van der Waals surface area contributed by atoms with Crippen molar-refractivity contribution in [3.63, 3.8) is 0 Å². The van der Waals surface area contributed by atoms with Gasteiger partial charge in [-0.3, -0.25) is 14.3 Å². The number of benzene rings is 1. The topological polar surface area (TPSA) is 63.5 Å². The lowest BCUT2D eigenvalue weighted by Crippen LogP contribution is -2.52. The smallest absolute Gasteiger partial charge is 0.227 e. The van der Waals surface area contributed by atoms with E-state index in [1.807, 2.05) is 33.7 Å². The molecule has 7 heteroatoms. The average Bonchev–Trinajstić information content (AvgIpc) is 3.36. The van der Waals surface area contributed by atoms with E-state index in [-0.39, 0.29) is 5.91 Å². The number of piperazine rings is 1. The van der Waals surface area contributed by atoms with Crippen LogP contribution >= 0.6 is 0 Å². The Morgan fingerprint density at radius 2 is 1.80 bits per heavy atom. The van der Waals surface area contributed by atoms with Crippen molar-refractivity contribution in [1.29, 1.82) is 0 Å². The van der Waals surface area contributed by atoms with E-state index in [0.29, 0.717) is 12.5 Å². The molecule has 132 valence electrons. The molecule has 1 amide bonds. The third-order valence-electron chi connectivity index (χ3n) is 5.10. The van der Waals surface area contributed by atoms with Crippen molar-refractivity contribution >= 4 is 5.91 Å². The molecule has 4 rings (SSSR count). The van der Waals surface area contributed by atoms with Crippen LogP contribution in [-0.2, 0) is 16.0 Å². The summed E-state index contributed by atoms with van der Waals surface area (Å²) in [4.78, 5) is 17.0. The van der Waals surface area contributed by atoms with Crippen LogP contribution in [0.25, 0.3) is 5.69 Å². The number of rotatable bonds is 4. The van der Waals surface area contributed by atoms with Gasteiger partial charge in [0.15, 0.2) is 0 Å². The van der Waals surface area contributed by atoms with Gasteiger partial charge in [-0.25, -0.2) is 0 Å². The van der Waals surface area contributed by atoms with Gasteiger partial charge in [-0.15, -0.1) is 10.2 Å². The minimum absolute atomic E-state index is 0.208. The molecule has 7 nitrogen and oxygen atoms in total. The molecule has 0 saturated carbocycles. The molecular weight excluding hydrogens is 318 g/mol. The third kappa shape index (κ3) is 3.72. The van der Waals surface area contributed by atoms with Gasteiger partial charge < -0.3 is 9.64 Å². The lowest BCUT2D eigenvalue weighted by atomic mass is 10.1. The van der Waals surface area contributed by atoms with Gasteiger partial charge in [-0.05, 0) is 24.1 Å². The number of carbonyl (C=O) groups is 1. The third-order valence-corrected chi connectivity index (χ3v) is 5.10. The Bertz CT molecular complexity index is 687. The summed E-state index contributed by atoms with van der Waals surface area (Å²) in [6, 6.07) is 8.52. The molecule has 0 radical (unpaired) electrons. The van der Waals surface area contributed by atoms with Crippen molar-refractivity contribution in [2.45, 2.75) is 18.9 Å². The molecule has 0 aliphatic carbocycles. The van der Waals surface area contributed by atoms with E-state index in [1.165, 1.54) is 0 Å². The predicted octanol–water partition coefficient (Wildman–Crippen LogP) is 0.743. The highest BCUT2D eigenvalue weighted by atomic mass is 16.5. The van der Waals surface area contributed by atoms with Crippen LogP contribution in [0.5, 0.6) is 0 Å². The summed E-state index contributed by atoms with van der Waals surface area (Å²) in [5.74, 6) is 0.208. The SMILES string of the molecule is O=C(Cc1ccc(-n2cnnc2)cc1)N1CCN(C2CCOC2)CC1. The van der Waals surface area contributed by atoms with Crippen LogP contribution in [0.3, 0.4) is 0 Å². The Morgan fingerprint density at radius 1 is 1.08 bits per heavy atom. The molecule has 2 aliphatic heterocycles. The van der Waals surface area contributed by atoms with E-state index in [4.69, 9.17) is 4.74 Å². The van der Waals surface area contributed by atoms with Gasteiger partial charge in [-0.2, -0.15) is 0 Å². The molecule has 2 fully saturated rings. The molecule has 0 bridgehead atoms. The minimum atomic E-state index is 0.208. The van der Waals surface area contributed by atoms with E-state index in [9.17, 15) is 4.79 Å². The first kappa shape index (κ1) is 16.2. The lowest BCUT2D eigenvalue weighted by molar-refractivity contribution is -0.132.